The van der Waals surface area contributed by atoms with E-state index >= 15 is 0 Å². The number of aliphatic carboxylic acids is 2. The molecule has 1 rings (SSSR count). The summed E-state index contributed by atoms with van der Waals surface area (Å²) in [6, 6.07) is 0. The third-order valence-electron chi connectivity index (χ3n) is 3.62. The summed E-state index contributed by atoms with van der Waals surface area (Å²) in [7, 11) is 0. The number of amides is 1. The van der Waals surface area contributed by atoms with E-state index in [4.69, 9.17) is 10.2 Å². The van der Waals surface area contributed by atoms with Gasteiger partial charge in [-0.05, 0) is 24.7 Å². The summed E-state index contributed by atoms with van der Waals surface area (Å²) in [5.41, 5.74) is -0.400. The summed E-state index contributed by atoms with van der Waals surface area (Å²) in [6.07, 6.45) is 4.19. The van der Waals surface area contributed by atoms with Crippen LogP contribution in [0.1, 0.15) is 51.4 Å². The lowest BCUT2D eigenvalue weighted by Crippen LogP contribution is -2.32. The van der Waals surface area contributed by atoms with Gasteiger partial charge in [0.05, 0.1) is 6.42 Å². The monoisotopic (exact) mass is 271 g/mol. The van der Waals surface area contributed by atoms with Crippen LogP contribution in [0.25, 0.3) is 0 Å². The first kappa shape index (κ1) is 15.5. The fraction of sp³-hybridized carbons (Fsp3) is 0.769. The fourth-order valence-electron chi connectivity index (χ4n) is 2.73. The summed E-state index contributed by atoms with van der Waals surface area (Å²) in [5, 5.41) is 20.1. The molecule has 1 aliphatic rings. The number of nitrogens with one attached hydrogen (secondary N) is 1. The van der Waals surface area contributed by atoms with Gasteiger partial charge in [-0.25, -0.2) is 0 Å². The molecule has 6 nitrogen and oxygen atoms in total. The SMILES string of the molecule is O=C(O)CCCNC(=O)CC1(CC(=O)O)CCCC1. The highest BCUT2D eigenvalue weighted by atomic mass is 16.4. The molecular weight excluding hydrogens is 250 g/mol. The zero-order valence-electron chi connectivity index (χ0n) is 11.0. The van der Waals surface area contributed by atoms with Crippen molar-refractivity contribution in [3.8, 4) is 0 Å². The van der Waals surface area contributed by atoms with E-state index in [2.05, 4.69) is 5.32 Å². The lowest BCUT2D eigenvalue weighted by atomic mass is 9.79. The predicted molar refractivity (Wildman–Crippen MR) is 67.7 cm³/mol. The third-order valence-corrected chi connectivity index (χ3v) is 3.62. The van der Waals surface area contributed by atoms with Crippen molar-refractivity contribution < 1.29 is 24.6 Å². The standard InChI is InChI=1S/C13H21NO5/c15-10(14-7-3-4-11(16)17)8-13(9-12(18)19)5-1-2-6-13/h1-9H2,(H,14,15)(H,16,17)(H,18,19). The molecule has 1 saturated carbocycles. The van der Waals surface area contributed by atoms with Crippen molar-refractivity contribution >= 4 is 17.8 Å². The highest BCUT2D eigenvalue weighted by Crippen LogP contribution is 2.43. The van der Waals surface area contributed by atoms with Crippen LogP contribution in [-0.4, -0.2) is 34.6 Å². The van der Waals surface area contributed by atoms with Gasteiger partial charge in [-0.15, -0.1) is 0 Å². The van der Waals surface area contributed by atoms with Crippen molar-refractivity contribution in [2.24, 2.45) is 5.41 Å². The van der Waals surface area contributed by atoms with E-state index in [1.165, 1.54) is 0 Å². The van der Waals surface area contributed by atoms with E-state index in [1.807, 2.05) is 0 Å². The lowest BCUT2D eigenvalue weighted by molar-refractivity contribution is -0.141. The molecule has 0 aliphatic heterocycles. The quantitative estimate of drug-likeness (QED) is 0.579. The van der Waals surface area contributed by atoms with E-state index in [9.17, 15) is 14.4 Å². The maximum Gasteiger partial charge on any atom is 0.303 e. The topological polar surface area (TPSA) is 104 Å². The second kappa shape index (κ2) is 7.11. The summed E-state index contributed by atoms with van der Waals surface area (Å²) in [6.45, 7) is 0.328. The number of carboxylic acid groups (broad SMARTS) is 2. The molecule has 6 heteroatoms. The van der Waals surface area contributed by atoms with Crippen molar-refractivity contribution in [1.82, 2.24) is 5.32 Å². The van der Waals surface area contributed by atoms with Crippen molar-refractivity contribution in [2.45, 2.75) is 51.4 Å². The van der Waals surface area contributed by atoms with Gasteiger partial charge in [-0.1, -0.05) is 12.8 Å². The Morgan fingerprint density at radius 2 is 1.63 bits per heavy atom. The molecule has 0 radical (unpaired) electrons. The summed E-state index contributed by atoms with van der Waals surface area (Å²) >= 11 is 0. The second-order valence-corrected chi connectivity index (χ2v) is 5.30. The van der Waals surface area contributed by atoms with Gasteiger partial charge < -0.3 is 15.5 Å². The second-order valence-electron chi connectivity index (χ2n) is 5.30. The van der Waals surface area contributed by atoms with E-state index in [1.54, 1.807) is 0 Å². The molecule has 0 atom stereocenters. The molecule has 0 unspecified atom stereocenters. The van der Waals surface area contributed by atoms with Crippen molar-refractivity contribution in [1.29, 1.82) is 0 Å². The van der Waals surface area contributed by atoms with Crippen LogP contribution in [0.2, 0.25) is 0 Å². The first-order chi connectivity index (χ1) is 8.93. The van der Waals surface area contributed by atoms with E-state index < -0.39 is 17.4 Å². The molecular formula is C13H21NO5. The van der Waals surface area contributed by atoms with Gasteiger partial charge in [-0.3, -0.25) is 14.4 Å². The number of hydrogen-bond donors (Lipinski definition) is 3. The maximum absolute atomic E-state index is 11.8. The molecule has 1 amide bonds. The summed E-state index contributed by atoms with van der Waals surface area (Å²) < 4.78 is 0. The Hall–Kier alpha value is -1.59. The van der Waals surface area contributed by atoms with Gasteiger partial charge >= 0.3 is 11.9 Å². The normalized spacial score (nSPS) is 17.1. The van der Waals surface area contributed by atoms with Crippen molar-refractivity contribution in [2.75, 3.05) is 6.54 Å². The Labute approximate surface area is 112 Å². The van der Waals surface area contributed by atoms with Crippen LogP contribution in [0.3, 0.4) is 0 Å². The van der Waals surface area contributed by atoms with Crippen LogP contribution in [0.15, 0.2) is 0 Å². The fourth-order valence-corrected chi connectivity index (χ4v) is 2.73. The Bertz CT molecular complexity index is 347. The van der Waals surface area contributed by atoms with Crippen LogP contribution < -0.4 is 5.32 Å². The van der Waals surface area contributed by atoms with Gasteiger partial charge in [0.25, 0.3) is 0 Å². The van der Waals surface area contributed by atoms with Gasteiger partial charge in [0, 0.05) is 19.4 Å². The molecule has 1 aliphatic carbocycles. The highest BCUT2D eigenvalue weighted by Gasteiger charge is 2.37. The summed E-state index contributed by atoms with van der Waals surface area (Å²) in [4.78, 5) is 33.0. The largest absolute Gasteiger partial charge is 0.481 e. The predicted octanol–water partition coefficient (Wildman–Crippen LogP) is 1.39. The zero-order chi connectivity index (χ0) is 14.3. The van der Waals surface area contributed by atoms with Gasteiger partial charge in [0.2, 0.25) is 5.91 Å². The summed E-state index contributed by atoms with van der Waals surface area (Å²) in [5.74, 6) is -1.92. The van der Waals surface area contributed by atoms with Gasteiger partial charge in [0.15, 0.2) is 0 Å². The Morgan fingerprint density at radius 1 is 1.00 bits per heavy atom. The number of carboxylic acids is 2. The molecule has 1 fully saturated rings. The molecule has 108 valence electrons. The number of carbonyl (C=O) groups excluding carboxylic acids is 1. The minimum atomic E-state index is -0.882. The van der Waals surface area contributed by atoms with Crippen LogP contribution in [0.5, 0.6) is 0 Å². The van der Waals surface area contributed by atoms with E-state index in [0.717, 1.165) is 25.7 Å². The van der Waals surface area contributed by atoms with Gasteiger partial charge in [-0.2, -0.15) is 0 Å². The average Bonchev–Trinajstić information content (AvgIpc) is 2.71. The maximum atomic E-state index is 11.8. The molecule has 0 heterocycles. The molecule has 19 heavy (non-hydrogen) atoms. The first-order valence-electron chi connectivity index (χ1n) is 6.64. The third kappa shape index (κ3) is 5.72. The molecule has 0 bridgehead atoms. The molecule has 0 aromatic rings. The highest BCUT2D eigenvalue weighted by molar-refractivity contribution is 5.78. The van der Waals surface area contributed by atoms with Crippen LogP contribution >= 0.6 is 0 Å². The molecule has 0 aromatic heterocycles. The van der Waals surface area contributed by atoms with Crippen LogP contribution in [0.4, 0.5) is 0 Å². The molecule has 3 N–H and O–H groups in total. The van der Waals surface area contributed by atoms with Crippen LogP contribution in [-0.2, 0) is 14.4 Å². The molecule has 0 saturated heterocycles. The van der Waals surface area contributed by atoms with Crippen molar-refractivity contribution in [3.05, 3.63) is 0 Å². The Morgan fingerprint density at radius 3 is 2.16 bits per heavy atom. The number of hydrogen-bond acceptors (Lipinski definition) is 3. The smallest absolute Gasteiger partial charge is 0.303 e. The number of rotatable bonds is 8. The Balaban J connectivity index is 2.35. The van der Waals surface area contributed by atoms with Crippen molar-refractivity contribution in [3.63, 3.8) is 0 Å². The van der Waals surface area contributed by atoms with E-state index in [-0.39, 0.29) is 25.2 Å². The minimum absolute atomic E-state index is 0.0283. The first-order valence-corrected chi connectivity index (χ1v) is 6.64. The Kier molecular flexibility index (Phi) is 5.79. The lowest BCUT2D eigenvalue weighted by Gasteiger charge is -2.26. The van der Waals surface area contributed by atoms with Gasteiger partial charge in [0.1, 0.15) is 0 Å². The van der Waals surface area contributed by atoms with Crippen LogP contribution in [0, 0.1) is 5.41 Å². The molecule has 0 spiro atoms. The van der Waals surface area contributed by atoms with E-state index in [0.29, 0.717) is 13.0 Å². The average molecular weight is 271 g/mol. The minimum Gasteiger partial charge on any atom is -0.481 e. The molecule has 0 aromatic carbocycles. The zero-order valence-corrected chi connectivity index (χ0v) is 11.0. The number of carbonyl (C=O) groups is 3.